The number of nitrogens with zero attached hydrogens (tertiary/aromatic N) is 3. The highest BCUT2D eigenvalue weighted by molar-refractivity contribution is 5.48. The van der Waals surface area contributed by atoms with Crippen molar-refractivity contribution in [3.05, 3.63) is 59.9 Å². The molecular formula is C23H30FN3O. The molecule has 0 aromatic heterocycles. The molecule has 2 fully saturated rings. The van der Waals surface area contributed by atoms with Gasteiger partial charge in [0.05, 0.1) is 12.8 Å². The molecule has 4 nitrogen and oxygen atoms in total. The molecule has 4 rings (SSSR count). The Hall–Kier alpha value is -2.11. The molecule has 2 aromatic rings. The molecule has 150 valence electrons. The van der Waals surface area contributed by atoms with E-state index in [0.717, 1.165) is 57.3 Å². The Morgan fingerprint density at radius 2 is 1.68 bits per heavy atom. The minimum Gasteiger partial charge on any atom is -0.497 e. The molecule has 0 radical (unpaired) electrons. The predicted octanol–water partition coefficient (Wildman–Crippen LogP) is 3.62. The van der Waals surface area contributed by atoms with Gasteiger partial charge in [0.15, 0.2) is 0 Å². The average Bonchev–Trinajstić information content (AvgIpc) is 2.75. The first kappa shape index (κ1) is 19.2. The Bertz CT molecular complexity index is 768. The zero-order valence-electron chi connectivity index (χ0n) is 16.7. The van der Waals surface area contributed by atoms with E-state index in [0.29, 0.717) is 6.04 Å². The molecule has 2 heterocycles. The van der Waals surface area contributed by atoms with Crippen LogP contribution in [0.2, 0.25) is 0 Å². The highest BCUT2D eigenvalue weighted by Gasteiger charge is 2.28. The number of piperazine rings is 1. The summed E-state index contributed by atoms with van der Waals surface area (Å²) in [5.74, 6) is 0.821. The second-order valence-corrected chi connectivity index (χ2v) is 7.83. The van der Waals surface area contributed by atoms with E-state index in [1.165, 1.54) is 18.4 Å². The second kappa shape index (κ2) is 8.93. The quantitative estimate of drug-likeness (QED) is 0.785. The second-order valence-electron chi connectivity index (χ2n) is 7.83. The first-order valence-corrected chi connectivity index (χ1v) is 10.3. The Kier molecular flexibility index (Phi) is 6.13. The zero-order chi connectivity index (χ0) is 19.3. The predicted molar refractivity (Wildman–Crippen MR) is 111 cm³/mol. The molecular weight excluding hydrogens is 353 g/mol. The minimum absolute atomic E-state index is 0.109. The van der Waals surface area contributed by atoms with Gasteiger partial charge in [0.1, 0.15) is 11.6 Å². The summed E-state index contributed by atoms with van der Waals surface area (Å²) in [6.07, 6.45) is 2.42. The van der Waals surface area contributed by atoms with E-state index in [2.05, 4.69) is 32.9 Å². The van der Waals surface area contributed by atoms with Gasteiger partial charge in [-0.15, -0.1) is 0 Å². The van der Waals surface area contributed by atoms with Gasteiger partial charge >= 0.3 is 0 Å². The Morgan fingerprint density at radius 3 is 2.39 bits per heavy atom. The fraction of sp³-hybridized carbons (Fsp3) is 0.478. The summed E-state index contributed by atoms with van der Waals surface area (Å²) >= 11 is 0. The van der Waals surface area contributed by atoms with Crippen molar-refractivity contribution in [1.29, 1.82) is 0 Å². The molecule has 0 bridgehead atoms. The van der Waals surface area contributed by atoms with Gasteiger partial charge in [-0.05, 0) is 55.8 Å². The lowest BCUT2D eigenvalue weighted by Gasteiger charge is -2.43. The van der Waals surface area contributed by atoms with Crippen LogP contribution in [0.4, 0.5) is 10.1 Å². The number of para-hydroxylation sites is 1. The smallest absolute Gasteiger partial charge is 0.146 e. The molecule has 2 aromatic carbocycles. The molecule has 2 saturated heterocycles. The summed E-state index contributed by atoms with van der Waals surface area (Å²) in [5, 5.41) is 0. The lowest BCUT2D eigenvalue weighted by molar-refractivity contribution is 0.0997. The number of likely N-dealkylation sites (tertiary alicyclic amines) is 1. The highest BCUT2D eigenvalue weighted by atomic mass is 19.1. The SMILES string of the molecule is COc1cccc(CN2CCC(N3CCN(c4ccccc4F)CC3)CC2)c1. The van der Waals surface area contributed by atoms with Crippen LogP contribution in [0.3, 0.4) is 0 Å². The van der Waals surface area contributed by atoms with Crippen molar-refractivity contribution in [2.45, 2.75) is 25.4 Å². The van der Waals surface area contributed by atoms with Gasteiger partial charge < -0.3 is 9.64 Å². The molecule has 2 aliphatic heterocycles. The topological polar surface area (TPSA) is 19.0 Å². The van der Waals surface area contributed by atoms with E-state index in [1.54, 1.807) is 19.2 Å². The lowest BCUT2D eigenvalue weighted by Crippen LogP contribution is -2.53. The van der Waals surface area contributed by atoms with Gasteiger partial charge in [0.2, 0.25) is 0 Å². The third-order valence-corrected chi connectivity index (χ3v) is 6.12. The molecule has 28 heavy (non-hydrogen) atoms. The van der Waals surface area contributed by atoms with Gasteiger partial charge in [-0.25, -0.2) is 4.39 Å². The summed E-state index contributed by atoms with van der Waals surface area (Å²) in [6.45, 7) is 7.12. The average molecular weight is 384 g/mol. The number of methoxy groups -OCH3 is 1. The lowest BCUT2D eigenvalue weighted by atomic mass is 10.0. The fourth-order valence-corrected chi connectivity index (χ4v) is 4.51. The number of piperidine rings is 1. The van der Waals surface area contributed by atoms with Crippen LogP contribution in [0.25, 0.3) is 0 Å². The molecule has 0 atom stereocenters. The van der Waals surface area contributed by atoms with Crippen molar-refractivity contribution in [1.82, 2.24) is 9.80 Å². The molecule has 0 aliphatic carbocycles. The monoisotopic (exact) mass is 383 g/mol. The van der Waals surface area contributed by atoms with Gasteiger partial charge in [0, 0.05) is 38.8 Å². The van der Waals surface area contributed by atoms with E-state index in [-0.39, 0.29) is 5.82 Å². The fourth-order valence-electron chi connectivity index (χ4n) is 4.51. The largest absolute Gasteiger partial charge is 0.497 e. The van der Waals surface area contributed by atoms with Crippen LogP contribution in [0, 0.1) is 5.82 Å². The van der Waals surface area contributed by atoms with Crippen molar-refractivity contribution < 1.29 is 9.13 Å². The van der Waals surface area contributed by atoms with E-state index in [9.17, 15) is 4.39 Å². The summed E-state index contributed by atoms with van der Waals surface area (Å²) in [4.78, 5) is 7.34. The van der Waals surface area contributed by atoms with E-state index in [1.807, 2.05) is 18.2 Å². The van der Waals surface area contributed by atoms with Crippen LogP contribution >= 0.6 is 0 Å². The number of hydrogen-bond acceptors (Lipinski definition) is 4. The number of rotatable bonds is 5. The van der Waals surface area contributed by atoms with Crippen LogP contribution in [-0.2, 0) is 6.54 Å². The number of anilines is 1. The zero-order valence-corrected chi connectivity index (χ0v) is 16.7. The Labute approximate surface area is 167 Å². The van der Waals surface area contributed by atoms with Crippen LogP contribution in [0.15, 0.2) is 48.5 Å². The van der Waals surface area contributed by atoms with Gasteiger partial charge in [0.25, 0.3) is 0 Å². The molecule has 5 heteroatoms. The summed E-state index contributed by atoms with van der Waals surface area (Å²) in [5.41, 5.74) is 2.06. The van der Waals surface area contributed by atoms with Crippen molar-refractivity contribution in [3.8, 4) is 5.75 Å². The molecule has 0 amide bonds. The minimum atomic E-state index is -0.109. The summed E-state index contributed by atoms with van der Waals surface area (Å²) in [7, 11) is 1.72. The van der Waals surface area contributed by atoms with Crippen molar-refractivity contribution in [3.63, 3.8) is 0 Å². The first-order chi connectivity index (χ1) is 13.7. The normalized spacial score (nSPS) is 19.7. The number of halogens is 1. The maximum absolute atomic E-state index is 14.0. The van der Waals surface area contributed by atoms with Crippen LogP contribution in [0.1, 0.15) is 18.4 Å². The summed E-state index contributed by atoms with van der Waals surface area (Å²) in [6, 6.07) is 16.2. The van der Waals surface area contributed by atoms with Crippen molar-refractivity contribution in [2.75, 3.05) is 51.3 Å². The van der Waals surface area contributed by atoms with Crippen molar-refractivity contribution >= 4 is 5.69 Å². The molecule has 0 saturated carbocycles. The van der Waals surface area contributed by atoms with Crippen LogP contribution < -0.4 is 9.64 Å². The molecule has 2 aliphatic rings. The maximum Gasteiger partial charge on any atom is 0.146 e. The maximum atomic E-state index is 14.0. The molecule has 0 N–H and O–H groups in total. The van der Waals surface area contributed by atoms with E-state index < -0.39 is 0 Å². The molecule has 0 spiro atoms. The van der Waals surface area contributed by atoms with E-state index >= 15 is 0 Å². The number of ether oxygens (including phenoxy) is 1. The first-order valence-electron chi connectivity index (χ1n) is 10.3. The van der Waals surface area contributed by atoms with Crippen LogP contribution in [-0.4, -0.2) is 62.2 Å². The number of benzene rings is 2. The van der Waals surface area contributed by atoms with E-state index in [4.69, 9.17) is 4.74 Å². The third-order valence-electron chi connectivity index (χ3n) is 6.12. The van der Waals surface area contributed by atoms with Crippen LogP contribution in [0.5, 0.6) is 5.75 Å². The number of hydrogen-bond donors (Lipinski definition) is 0. The van der Waals surface area contributed by atoms with Crippen molar-refractivity contribution in [2.24, 2.45) is 0 Å². The van der Waals surface area contributed by atoms with Gasteiger partial charge in [-0.3, -0.25) is 9.80 Å². The Balaban J connectivity index is 1.25. The molecule has 0 unspecified atom stereocenters. The Morgan fingerprint density at radius 1 is 0.929 bits per heavy atom. The third kappa shape index (κ3) is 4.47. The highest BCUT2D eigenvalue weighted by Crippen LogP contribution is 2.24. The van der Waals surface area contributed by atoms with Gasteiger partial charge in [-0.1, -0.05) is 24.3 Å². The standard InChI is InChI=1S/C23H30FN3O/c1-28-21-6-4-5-19(17-21)18-25-11-9-20(10-12-25)26-13-15-27(16-14-26)23-8-3-2-7-22(23)24/h2-8,17,20H,9-16,18H2,1H3. The van der Waals surface area contributed by atoms with Gasteiger partial charge in [-0.2, -0.15) is 0 Å². The summed E-state index contributed by atoms with van der Waals surface area (Å²) < 4.78 is 19.4.